The van der Waals surface area contributed by atoms with E-state index in [1.807, 2.05) is 77.3 Å². The standard InChI is InChI=1S/C44H49N7O4S/c1-29-16-18-30(19-17-29)51-40(27-38(49-51)44(2,3)4)46-43(52)45-35-21-22-36(33-12-6-5-11-32(33)35)55-31-20-23-39-47-48-42(50(39)28-31)34-13-7-8-14-37(34)56-26-25-54-41-15-9-10-24-53-41/h5-8,11-14,16-20,23,27-28,35-36,41H,9-10,15,21-22,24-26H2,1-4H3,(H2,45,46,52). The third kappa shape index (κ3) is 8.47. The molecule has 3 aromatic carbocycles. The summed E-state index contributed by atoms with van der Waals surface area (Å²) in [5.41, 5.74) is 6.57. The molecule has 1 saturated heterocycles. The van der Waals surface area contributed by atoms with E-state index < -0.39 is 0 Å². The summed E-state index contributed by atoms with van der Waals surface area (Å²) in [6.07, 6.45) is 6.33. The molecule has 0 spiro atoms. The molecule has 56 heavy (non-hydrogen) atoms. The van der Waals surface area contributed by atoms with Gasteiger partial charge in [-0.25, -0.2) is 9.48 Å². The van der Waals surface area contributed by atoms with E-state index in [0.29, 0.717) is 24.6 Å². The molecule has 0 saturated carbocycles. The maximum Gasteiger partial charge on any atom is 0.320 e. The number of urea groups is 1. The zero-order chi connectivity index (χ0) is 38.6. The first-order chi connectivity index (χ1) is 27.2. The molecule has 2 N–H and O–H groups in total. The summed E-state index contributed by atoms with van der Waals surface area (Å²) in [7, 11) is 0. The Bertz CT molecular complexity index is 2290. The van der Waals surface area contributed by atoms with E-state index in [4.69, 9.17) is 19.3 Å². The summed E-state index contributed by atoms with van der Waals surface area (Å²) >= 11 is 1.74. The molecule has 1 aliphatic carbocycles. The Morgan fingerprint density at radius 2 is 1.73 bits per heavy atom. The van der Waals surface area contributed by atoms with Crippen LogP contribution >= 0.6 is 11.8 Å². The number of hydrogen-bond donors (Lipinski definition) is 2. The fraction of sp³-hybridized carbons (Fsp3) is 0.364. The van der Waals surface area contributed by atoms with Crippen molar-refractivity contribution in [2.24, 2.45) is 0 Å². The highest BCUT2D eigenvalue weighted by Crippen LogP contribution is 2.39. The molecule has 8 rings (SSSR count). The Hall–Kier alpha value is -5.17. The smallest absolute Gasteiger partial charge is 0.320 e. The Morgan fingerprint density at radius 1 is 0.929 bits per heavy atom. The molecule has 3 aromatic heterocycles. The molecule has 2 aliphatic rings. The molecule has 0 bridgehead atoms. The number of thioether (sulfide) groups is 1. The van der Waals surface area contributed by atoms with E-state index in [2.05, 4.69) is 72.8 Å². The lowest BCUT2D eigenvalue weighted by Gasteiger charge is -2.32. The zero-order valence-corrected chi connectivity index (χ0v) is 33.2. The maximum atomic E-state index is 13.6. The number of pyridine rings is 1. The van der Waals surface area contributed by atoms with Crippen LogP contribution in [0.4, 0.5) is 10.6 Å². The predicted molar refractivity (Wildman–Crippen MR) is 220 cm³/mol. The zero-order valence-electron chi connectivity index (χ0n) is 32.4. The quantitative estimate of drug-likeness (QED) is 0.0989. The van der Waals surface area contributed by atoms with E-state index in [1.165, 1.54) is 0 Å². The molecule has 3 atom stereocenters. The number of hydrogen-bond acceptors (Lipinski definition) is 8. The van der Waals surface area contributed by atoms with Crippen LogP contribution in [0.1, 0.15) is 87.4 Å². The predicted octanol–water partition coefficient (Wildman–Crippen LogP) is 9.60. The van der Waals surface area contributed by atoms with Crippen molar-refractivity contribution in [3.63, 3.8) is 0 Å². The van der Waals surface area contributed by atoms with Crippen molar-refractivity contribution in [3.8, 4) is 22.8 Å². The van der Waals surface area contributed by atoms with Gasteiger partial charge in [-0.2, -0.15) is 5.10 Å². The van der Waals surface area contributed by atoms with E-state index in [-0.39, 0.29) is 29.9 Å². The van der Waals surface area contributed by atoms with Crippen LogP contribution in [0, 0.1) is 6.92 Å². The maximum absolute atomic E-state index is 13.6. The van der Waals surface area contributed by atoms with Crippen molar-refractivity contribution < 1.29 is 19.0 Å². The monoisotopic (exact) mass is 771 g/mol. The molecular weight excluding hydrogens is 723 g/mol. The van der Waals surface area contributed by atoms with Crippen molar-refractivity contribution in [1.29, 1.82) is 0 Å². The van der Waals surface area contributed by atoms with Gasteiger partial charge in [0.2, 0.25) is 0 Å². The number of benzene rings is 3. The number of ether oxygens (including phenoxy) is 3. The Labute approximate surface area is 332 Å². The van der Waals surface area contributed by atoms with Crippen molar-refractivity contribution in [2.75, 3.05) is 24.3 Å². The van der Waals surface area contributed by atoms with Gasteiger partial charge in [0, 0.05) is 34.3 Å². The molecule has 1 aliphatic heterocycles. The number of anilines is 1. The summed E-state index contributed by atoms with van der Waals surface area (Å²) in [5, 5.41) is 20.3. The lowest BCUT2D eigenvalue weighted by Crippen LogP contribution is -2.36. The van der Waals surface area contributed by atoms with Gasteiger partial charge in [0.1, 0.15) is 17.7 Å². The lowest BCUT2D eigenvalue weighted by atomic mass is 9.85. The van der Waals surface area contributed by atoms with Crippen LogP contribution in [0.2, 0.25) is 0 Å². The number of aromatic nitrogens is 5. The van der Waals surface area contributed by atoms with E-state index in [0.717, 1.165) is 88.0 Å². The normalized spacial score (nSPS) is 18.4. The Balaban J connectivity index is 0.961. The highest BCUT2D eigenvalue weighted by Gasteiger charge is 2.30. The van der Waals surface area contributed by atoms with Crippen LogP contribution < -0.4 is 15.4 Å². The average molecular weight is 772 g/mol. The van der Waals surface area contributed by atoms with Crippen LogP contribution in [0.5, 0.6) is 5.75 Å². The molecule has 2 amide bonds. The minimum atomic E-state index is -0.285. The largest absolute Gasteiger partial charge is 0.484 e. The van der Waals surface area contributed by atoms with Crippen molar-refractivity contribution in [2.45, 2.75) is 88.5 Å². The molecule has 4 heterocycles. The summed E-state index contributed by atoms with van der Waals surface area (Å²) in [4.78, 5) is 14.8. The van der Waals surface area contributed by atoms with Gasteiger partial charge < -0.3 is 19.5 Å². The summed E-state index contributed by atoms with van der Waals surface area (Å²) in [6, 6.07) is 30.0. The second kappa shape index (κ2) is 16.5. The average Bonchev–Trinajstić information content (AvgIpc) is 3.83. The van der Waals surface area contributed by atoms with Crippen molar-refractivity contribution >= 4 is 29.3 Å². The second-order valence-electron chi connectivity index (χ2n) is 15.5. The summed E-state index contributed by atoms with van der Waals surface area (Å²) in [6.45, 7) is 9.79. The Morgan fingerprint density at radius 3 is 2.54 bits per heavy atom. The van der Waals surface area contributed by atoms with Crippen LogP contribution in [0.25, 0.3) is 22.7 Å². The van der Waals surface area contributed by atoms with Crippen LogP contribution in [0.3, 0.4) is 0 Å². The number of fused-ring (bicyclic) bond motifs is 2. The number of carbonyl (C=O) groups excluding carboxylic acids is 1. The molecule has 0 radical (unpaired) electrons. The molecule has 11 nitrogen and oxygen atoms in total. The SMILES string of the molecule is Cc1ccc(-n2nc(C(C)(C)C)cc2NC(=O)NC2CCC(Oc3ccc4nnc(-c5ccccc5SCCOC5CCCCO5)n4c3)c3ccccc32)cc1. The first kappa shape index (κ1) is 37.7. The fourth-order valence-corrected chi connectivity index (χ4v) is 8.18. The first-order valence-electron chi connectivity index (χ1n) is 19.5. The number of aryl methyl sites for hydroxylation is 1. The third-order valence-corrected chi connectivity index (χ3v) is 11.3. The molecule has 3 unspecified atom stereocenters. The third-order valence-electron chi connectivity index (χ3n) is 10.3. The number of nitrogens with one attached hydrogen (secondary N) is 2. The minimum Gasteiger partial charge on any atom is -0.484 e. The van der Waals surface area contributed by atoms with Crippen molar-refractivity contribution in [3.05, 3.63) is 120 Å². The van der Waals surface area contributed by atoms with Gasteiger partial charge in [-0.05, 0) is 80.5 Å². The van der Waals surface area contributed by atoms with Gasteiger partial charge in [-0.1, -0.05) is 80.9 Å². The molecular formula is C44H49N7O4S. The van der Waals surface area contributed by atoms with Crippen LogP contribution in [0.15, 0.2) is 102 Å². The van der Waals surface area contributed by atoms with Gasteiger partial charge in [0.25, 0.3) is 0 Å². The highest BCUT2D eigenvalue weighted by atomic mass is 32.2. The number of rotatable bonds is 11. The lowest BCUT2D eigenvalue weighted by molar-refractivity contribution is -0.158. The Kier molecular flexibility index (Phi) is 11.1. The van der Waals surface area contributed by atoms with Gasteiger partial charge in [-0.15, -0.1) is 22.0 Å². The number of carbonyl (C=O) groups is 1. The van der Waals surface area contributed by atoms with E-state index in [9.17, 15) is 4.79 Å². The fourth-order valence-electron chi connectivity index (χ4n) is 7.29. The molecule has 6 aromatic rings. The van der Waals surface area contributed by atoms with Gasteiger partial charge in [0.15, 0.2) is 17.8 Å². The van der Waals surface area contributed by atoms with E-state index in [1.54, 1.807) is 16.4 Å². The second-order valence-corrected chi connectivity index (χ2v) is 16.6. The highest BCUT2D eigenvalue weighted by molar-refractivity contribution is 7.99. The van der Waals surface area contributed by atoms with Crippen LogP contribution in [-0.2, 0) is 14.9 Å². The molecule has 12 heteroatoms. The molecule has 1 fully saturated rings. The van der Waals surface area contributed by atoms with Gasteiger partial charge >= 0.3 is 6.03 Å². The number of amides is 2. The topological polar surface area (TPSA) is 117 Å². The van der Waals surface area contributed by atoms with Gasteiger partial charge in [0.05, 0.1) is 30.2 Å². The minimum absolute atomic E-state index is 0.0930. The first-order valence-corrected chi connectivity index (χ1v) is 20.5. The summed E-state index contributed by atoms with van der Waals surface area (Å²) < 4.78 is 22.2. The van der Waals surface area contributed by atoms with Crippen molar-refractivity contribution in [1.82, 2.24) is 29.7 Å². The van der Waals surface area contributed by atoms with E-state index >= 15 is 0 Å². The molecule has 290 valence electrons. The number of nitrogens with zero attached hydrogens (tertiary/aromatic N) is 5. The van der Waals surface area contributed by atoms with Crippen LogP contribution in [-0.4, -0.2) is 55.7 Å². The van der Waals surface area contributed by atoms with Gasteiger partial charge in [-0.3, -0.25) is 9.72 Å². The summed E-state index contributed by atoms with van der Waals surface area (Å²) in [5.74, 6) is 2.89.